The van der Waals surface area contributed by atoms with Gasteiger partial charge in [0.25, 0.3) is 0 Å². The zero-order valence-corrected chi connectivity index (χ0v) is 26.3. The molecule has 0 aliphatic heterocycles. The van der Waals surface area contributed by atoms with Crippen LogP contribution in [0.1, 0.15) is 88.8 Å². The minimum absolute atomic E-state index is 0.0576. The molecule has 1 atom stereocenters. The maximum atomic E-state index is 14.1. The third-order valence-electron chi connectivity index (χ3n) is 8.89. The van der Waals surface area contributed by atoms with Crippen LogP contribution >= 0.6 is 0 Å². The van der Waals surface area contributed by atoms with Gasteiger partial charge in [0.1, 0.15) is 17.1 Å². The molecule has 2 saturated carbocycles. The van der Waals surface area contributed by atoms with Crippen LogP contribution in [0.15, 0.2) is 65.7 Å². The Kier molecular flexibility index (Phi) is 11.2. The minimum Gasteiger partial charge on any atom is -0.370 e. The zero-order valence-electron chi connectivity index (χ0n) is 26.3. The average molecular weight is 618 g/mol. The summed E-state index contributed by atoms with van der Waals surface area (Å²) < 4.78 is 0. The molecule has 2 aromatic rings. The number of guanidine groups is 1. The molecule has 0 heterocycles. The Morgan fingerprint density at radius 3 is 1.69 bits per heavy atom. The van der Waals surface area contributed by atoms with Crippen molar-refractivity contribution in [2.45, 2.75) is 94.8 Å². The number of nitrogens with two attached hydrogens (primary N) is 2. The lowest BCUT2D eigenvalue weighted by Gasteiger charge is -2.42. The molecule has 2 aliphatic rings. The Hall–Kier alpha value is -4.41. The van der Waals surface area contributed by atoms with Crippen LogP contribution in [0.3, 0.4) is 0 Å². The smallest absolute Gasteiger partial charge is 0.246 e. The molecule has 0 unspecified atom stereocenters. The van der Waals surface area contributed by atoms with Crippen LogP contribution in [0.2, 0.25) is 0 Å². The fourth-order valence-electron chi connectivity index (χ4n) is 6.02. The van der Waals surface area contributed by atoms with Gasteiger partial charge in [0.05, 0.1) is 6.04 Å². The van der Waals surface area contributed by atoms with Crippen molar-refractivity contribution in [3.05, 3.63) is 71.8 Å². The topological polar surface area (TPSA) is 181 Å². The number of rotatable bonds is 14. The Bertz CT molecular complexity index is 1310. The van der Waals surface area contributed by atoms with E-state index in [1.807, 2.05) is 60.7 Å². The fourth-order valence-corrected chi connectivity index (χ4v) is 6.02. The van der Waals surface area contributed by atoms with Crippen molar-refractivity contribution in [2.24, 2.45) is 22.4 Å². The van der Waals surface area contributed by atoms with E-state index < -0.39 is 35.0 Å². The predicted molar refractivity (Wildman–Crippen MR) is 174 cm³/mol. The molecule has 2 aromatic carbocycles. The number of hydrogen-bond donors (Lipinski definition) is 6. The maximum Gasteiger partial charge on any atom is 0.246 e. The highest BCUT2D eigenvalue weighted by molar-refractivity contribution is 5.98. The minimum atomic E-state index is -1.14. The Morgan fingerprint density at radius 1 is 0.733 bits per heavy atom. The monoisotopic (exact) mass is 617 g/mol. The number of amides is 4. The lowest BCUT2D eigenvalue weighted by atomic mass is 9.75. The highest BCUT2D eigenvalue weighted by Crippen LogP contribution is 2.34. The van der Waals surface area contributed by atoms with Crippen LogP contribution in [-0.4, -0.2) is 53.3 Å². The molecule has 2 fully saturated rings. The summed E-state index contributed by atoms with van der Waals surface area (Å²) in [6.07, 6.45) is 4.95. The molecule has 11 nitrogen and oxygen atoms in total. The quantitative estimate of drug-likeness (QED) is 0.108. The van der Waals surface area contributed by atoms with Gasteiger partial charge in [0.15, 0.2) is 5.96 Å². The molecule has 8 N–H and O–H groups in total. The van der Waals surface area contributed by atoms with E-state index in [0.29, 0.717) is 32.1 Å². The van der Waals surface area contributed by atoms with Crippen LogP contribution in [0, 0.1) is 5.92 Å². The maximum absolute atomic E-state index is 14.1. The molecule has 2 aliphatic carbocycles. The van der Waals surface area contributed by atoms with Crippen LogP contribution < -0.4 is 32.7 Å². The molecule has 0 aromatic heterocycles. The van der Waals surface area contributed by atoms with Crippen molar-refractivity contribution in [3.8, 4) is 0 Å². The van der Waals surface area contributed by atoms with E-state index >= 15 is 0 Å². The van der Waals surface area contributed by atoms with Crippen LogP contribution in [0.5, 0.6) is 0 Å². The van der Waals surface area contributed by atoms with E-state index in [-0.39, 0.29) is 36.7 Å². The molecular weight excluding hydrogens is 570 g/mol. The summed E-state index contributed by atoms with van der Waals surface area (Å²) in [5.41, 5.74) is 10.6. The molecule has 242 valence electrons. The van der Waals surface area contributed by atoms with E-state index in [1.165, 1.54) is 0 Å². The summed E-state index contributed by atoms with van der Waals surface area (Å²) in [4.78, 5) is 58.3. The number of carbonyl (C=O) groups excluding carboxylic acids is 4. The SMILES string of the molecule is CC(C)C(=O)NC1(C(=O)N[C@@H](CCCN=C(N)N)C(=O)NC2(C(=O)NC(c3ccccc3)c3ccccc3)CCCC2)CCC1. The Morgan fingerprint density at radius 2 is 1.22 bits per heavy atom. The third kappa shape index (κ3) is 8.40. The first-order chi connectivity index (χ1) is 21.5. The van der Waals surface area contributed by atoms with Crippen LogP contribution in [0.25, 0.3) is 0 Å². The van der Waals surface area contributed by atoms with Crippen molar-refractivity contribution in [1.29, 1.82) is 0 Å². The Balaban J connectivity index is 1.55. The van der Waals surface area contributed by atoms with Gasteiger partial charge in [-0.05, 0) is 56.1 Å². The summed E-state index contributed by atoms with van der Waals surface area (Å²) in [5, 5.41) is 12.1. The first-order valence-electron chi connectivity index (χ1n) is 16.0. The number of aliphatic imine (C=N–C) groups is 1. The van der Waals surface area contributed by atoms with E-state index in [2.05, 4.69) is 26.3 Å². The van der Waals surface area contributed by atoms with Crippen molar-refractivity contribution >= 4 is 29.6 Å². The molecule has 0 saturated heterocycles. The molecule has 0 bridgehead atoms. The normalized spacial score (nSPS) is 17.1. The van der Waals surface area contributed by atoms with Gasteiger partial charge in [-0.25, -0.2) is 0 Å². The second kappa shape index (κ2) is 15.0. The number of nitrogens with one attached hydrogen (secondary N) is 4. The van der Waals surface area contributed by atoms with Gasteiger partial charge in [-0.15, -0.1) is 0 Å². The third-order valence-corrected chi connectivity index (χ3v) is 8.89. The highest BCUT2D eigenvalue weighted by atomic mass is 16.2. The summed E-state index contributed by atoms with van der Waals surface area (Å²) in [6.45, 7) is 3.82. The summed E-state index contributed by atoms with van der Waals surface area (Å²) in [6, 6.07) is 18.1. The van der Waals surface area contributed by atoms with E-state index in [0.717, 1.165) is 30.4 Å². The number of hydrogen-bond acceptors (Lipinski definition) is 5. The molecule has 45 heavy (non-hydrogen) atoms. The molecule has 0 radical (unpaired) electrons. The number of nitrogens with zero attached hydrogens (tertiary/aromatic N) is 1. The fraction of sp³-hybridized carbons (Fsp3) is 0.500. The first kappa shape index (κ1) is 33.5. The molecule has 11 heteroatoms. The van der Waals surface area contributed by atoms with Gasteiger partial charge in [0, 0.05) is 12.5 Å². The van der Waals surface area contributed by atoms with Crippen molar-refractivity contribution in [1.82, 2.24) is 21.3 Å². The summed E-state index contributed by atoms with van der Waals surface area (Å²) in [5.74, 6) is -1.68. The van der Waals surface area contributed by atoms with E-state index in [4.69, 9.17) is 11.5 Å². The van der Waals surface area contributed by atoms with Gasteiger partial charge in [-0.2, -0.15) is 0 Å². The van der Waals surface area contributed by atoms with Crippen LogP contribution in [0.4, 0.5) is 0 Å². The highest BCUT2D eigenvalue weighted by Gasteiger charge is 2.48. The lowest BCUT2D eigenvalue weighted by Crippen LogP contribution is -2.67. The van der Waals surface area contributed by atoms with Gasteiger partial charge >= 0.3 is 0 Å². The van der Waals surface area contributed by atoms with Crippen molar-refractivity contribution in [2.75, 3.05) is 6.54 Å². The Labute approximate surface area is 265 Å². The largest absolute Gasteiger partial charge is 0.370 e. The summed E-state index contributed by atoms with van der Waals surface area (Å²) >= 11 is 0. The van der Waals surface area contributed by atoms with Gasteiger partial charge in [-0.3, -0.25) is 24.2 Å². The number of benzene rings is 2. The van der Waals surface area contributed by atoms with Gasteiger partial charge < -0.3 is 32.7 Å². The molecule has 0 spiro atoms. The molecule has 4 rings (SSSR count). The predicted octanol–water partition coefficient (Wildman–Crippen LogP) is 2.55. The van der Waals surface area contributed by atoms with Gasteiger partial charge in [-0.1, -0.05) is 87.4 Å². The van der Waals surface area contributed by atoms with Crippen LogP contribution in [-0.2, 0) is 19.2 Å². The lowest BCUT2D eigenvalue weighted by molar-refractivity contribution is -0.141. The zero-order chi connectivity index (χ0) is 32.5. The first-order valence-corrected chi connectivity index (χ1v) is 16.0. The summed E-state index contributed by atoms with van der Waals surface area (Å²) in [7, 11) is 0. The van der Waals surface area contributed by atoms with E-state index in [1.54, 1.807) is 13.8 Å². The molecular formula is C34H47N7O4. The van der Waals surface area contributed by atoms with Gasteiger partial charge in [0.2, 0.25) is 23.6 Å². The number of carbonyl (C=O) groups is 4. The van der Waals surface area contributed by atoms with Crippen molar-refractivity contribution in [3.63, 3.8) is 0 Å². The average Bonchev–Trinajstić information content (AvgIpc) is 3.49. The molecule has 4 amide bonds. The standard InChI is InChI=1S/C34H47N7O4/c1-23(2)28(42)40-34(20-12-21-34)30(44)38-26(17-11-22-37-32(35)36)29(43)41-33(18-9-10-19-33)31(45)39-27(24-13-5-3-6-14-24)25-15-7-4-8-16-25/h3-8,13-16,23,26-27H,9-12,17-22H2,1-2H3,(H,38,44)(H,39,45)(H,40,42)(H,41,43)(H4,35,36,37)/t26-/m0/s1. The second-order valence-corrected chi connectivity index (χ2v) is 12.6. The van der Waals surface area contributed by atoms with E-state index in [9.17, 15) is 19.2 Å². The van der Waals surface area contributed by atoms with Crippen molar-refractivity contribution < 1.29 is 19.2 Å². The second-order valence-electron chi connectivity index (χ2n) is 12.6.